The van der Waals surface area contributed by atoms with Crippen LogP contribution in [0.2, 0.25) is 0 Å². The Morgan fingerprint density at radius 2 is 1.83 bits per heavy atom. The SMILES string of the molecule is CCn1c(=O)sc2cc(S(=O)(=O)NCc3ccc(C)cc3)ccc21. The average molecular weight is 362 g/mol. The summed E-state index contributed by atoms with van der Waals surface area (Å²) in [7, 11) is -3.63. The molecular weight excluding hydrogens is 344 g/mol. The van der Waals surface area contributed by atoms with Crippen LogP contribution in [0.15, 0.2) is 52.2 Å². The number of benzene rings is 2. The van der Waals surface area contributed by atoms with Crippen molar-refractivity contribution < 1.29 is 8.42 Å². The molecule has 1 N–H and O–H groups in total. The predicted molar refractivity (Wildman–Crippen MR) is 97.0 cm³/mol. The quantitative estimate of drug-likeness (QED) is 0.759. The molecule has 0 fully saturated rings. The van der Waals surface area contributed by atoms with Crippen LogP contribution in [-0.4, -0.2) is 13.0 Å². The van der Waals surface area contributed by atoms with Crippen LogP contribution in [0.25, 0.3) is 10.2 Å². The second-order valence-electron chi connectivity index (χ2n) is 5.55. The number of aromatic nitrogens is 1. The number of aryl methyl sites for hydroxylation is 2. The smallest absolute Gasteiger partial charge is 0.299 e. The Hall–Kier alpha value is -1.96. The van der Waals surface area contributed by atoms with Crippen LogP contribution >= 0.6 is 11.3 Å². The van der Waals surface area contributed by atoms with Gasteiger partial charge in [0.05, 0.1) is 15.1 Å². The van der Waals surface area contributed by atoms with Gasteiger partial charge < -0.3 is 0 Å². The van der Waals surface area contributed by atoms with Crippen LogP contribution in [0.1, 0.15) is 18.1 Å². The first-order valence-electron chi connectivity index (χ1n) is 7.59. The van der Waals surface area contributed by atoms with Crippen molar-refractivity contribution in [3.8, 4) is 0 Å². The summed E-state index contributed by atoms with van der Waals surface area (Å²) in [4.78, 5) is 12.0. The van der Waals surface area contributed by atoms with Gasteiger partial charge in [0.1, 0.15) is 0 Å². The van der Waals surface area contributed by atoms with E-state index in [1.807, 2.05) is 38.1 Å². The van der Waals surface area contributed by atoms with Crippen LogP contribution in [-0.2, 0) is 23.1 Å². The fourth-order valence-corrected chi connectivity index (χ4v) is 4.59. The summed E-state index contributed by atoms with van der Waals surface area (Å²) in [5.41, 5.74) is 2.79. The predicted octanol–water partition coefficient (Wildman–Crippen LogP) is 2.87. The van der Waals surface area contributed by atoms with Crippen LogP contribution in [0.4, 0.5) is 0 Å². The first-order chi connectivity index (χ1) is 11.4. The van der Waals surface area contributed by atoms with E-state index in [-0.39, 0.29) is 16.3 Å². The zero-order valence-corrected chi connectivity index (χ0v) is 15.1. The van der Waals surface area contributed by atoms with Gasteiger partial charge in [0.15, 0.2) is 0 Å². The van der Waals surface area contributed by atoms with Crippen molar-refractivity contribution >= 4 is 31.6 Å². The summed E-state index contributed by atoms with van der Waals surface area (Å²) in [6.07, 6.45) is 0. The Bertz CT molecular complexity index is 1030. The lowest BCUT2D eigenvalue weighted by Crippen LogP contribution is -2.23. The fourth-order valence-electron chi connectivity index (χ4n) is 2.48. The maximum atomic E-state index is 12.5. The maximum absolute atomic E-state index is 12.5. The highest BCUT2D eigenvalue weighted by molar-refractivity contribution is 7.89. The highest BCUT2D eigenvalue weighted by Gasteiger charge is 2.16. The van der Waals surface area contributed by atoms with E-state index in [0.717, 1.165) is 28.0 Å². The Balaban J connectivity index is 1.87. The highest BCUT2D eigenvalue weighted by Crippen LogP contribution is 2.21. The van der Waals surface area contributed by atoms with E-state index < -0.39 is 10.0 Å². The van der Waals surface area contributed by atoms with Gasteiger partial charge in [-0.3, -0.25) is 9.36 Å². The van der Waals surface area contributed by atoms with Gasteiger partial charge >= 0.3 is 4.87 Å². The third-order valence-corrected chi connectivity index (χ3v) is 6.19. The van der Waals surface area contributed by atoms with Gasteiger partial charge in [-0.25, -0.2) is 13.1 Å². The minimum Gasteiger partial charge on any atom is -0.299 e. The molecule has 1 heterocycles. The van der Waals surface area contributed by atoms with E-state index in [0.29, 0.717) is 11.2 Å². The summed E-state index contributed by atoms with van der Waals surface area (Å²) in [5, 5.41) is 0. The van der Waals surface area contributed by atoms with E-state index in [4.69, 9.17) is 0 Å². The van der Waals surface area contributed by atoms with E-state index in [1.54, 1.807) is 16.7 Å². The molecule has 126 valence electrons. The number of nitrogens with one attached hydrogen (secondary N) is 1. The van der Waals surface area contributed by atoms with Gasteiger partial charge in [-0.05, 0) is 37.6 Å². The normalized spacial score (nSPS) is 11.9. The molecule has 7 heteroatoms. The van der Waals surface area contributed by atoms with Crippen molar-refractivity contribution in [3.63, 3.8) is 0 Å². The van der Waals surface area contributed by atoms with E-state index in [9.17, 15) is 13.2 Å². The molecule has 0 unspecified atom stereocenters. The summed E-state index contributed by atoms with van der Waals surface area (Å²) in [5.74, 6) is 0. The monoisotopic (exact) mass is 362 g/mol. The van der Waals surface area contributed by atoms with Gasteiger partial charge in [0.25, 0.3) is 0 Å². The van der Waals surface area contributed by atoms with Gasteiger partial charge in [-0.1, -0.05) is 41.2 Å². The minimum atomic E-state index is -3.63. The van der Waals surface area contributed by atoms with Crippen LogP contribution in [0.5, 0.6) is 0 Å². The lowest BCUT2D eigenvalue weighted by Gasteiger charge is -2.08. The molecule has 1 aromatic heterocycles. The minimum absolute atomic E-state index is 0.0744. The van der Waals surface area contributed by atoms with Gasteiger partial charge in [-0.15, -0.1) is 0 Å². The van der Waals surface area contributed by atoms with Crippen LogP contribution in [0.3, 0.4) is 0 Å². The number of rotatable bonds is 5. The first-order valence-corrected chi connectivity index (χ1v) is 9.89. The van der Waals surface area contributed by atoms with Gasteiger partial charge in [-0.2, -0.15) is 0 Å². The molecule has 24 heavy (non-hydrogen) atoms. The second kappa shape index (κ2) is 6.51. The number of hydrogen-bond donors (Lipinski definition) is 1. The fraction of sp³-hybridized carbons (Fsp3) is 0.235. The lowest BCUT2D eigenvalue weighted by atomic mass is 10.2. The third-order valence-electron chi connectivity index (χ3n) is 3.85. The number of fused-ring (bicyclic) bond motifs is 1. The largest absolute Gasteiger partial charge is 0.308 e. The van der Waals surface area contributed by atoms with E-state index in [1.165, 1.54) is 6.07 Å². The molecule has 0 radical (unpaired) electrons. The molecule has 0 aliphatic rings. The van der Waals surface area contributed by atoms with E-state index in [2.05, 4.69) is 4.72 Å². The summed E-state index contributed by atoms with van der Waals surface area (Å²) in [6.45, 7) is 4.67. The number of thiazole rings is 1. The number of sulfonamides is 1. The van der Waals surface area contributed by atoms with Crippen LogP contribution < -0.4 is 9.60 Å². The van der Waals surface area contributed by atoms with Crippen LogP contribution in [0, 0.1) is 6.92 Å². The summed E-state index contributed by atoms with van der Waals surface area (Å²) in [6, 6.07) is 12.5. The molecule has 0 atom stereocenters. The summed E-state index contributed by atoms with van der Waals surface area (Å²) >= 11 is 1.06. The maximum Gasteiger partial charge on any atom is 0.308 e. The Morgan fingerprint density at radius 3 is 2.50 bits per heavy atom. The first kappa shape index (κ1) is 16.9. The van der Waals surface area contributed by atoms with Crippen molar-refractivity contribution in [1.29, 1.82) is 0 Å². The summed E-state index contributed by atoms with van der Waals surface area (Å²) < 4.78 is 29.9. The lowest BCUT2D eigenvalue weighted by molar-refractivity contribution is 0.581. The molecular formula is C17H18N2O3S2. The van der Waals surface area contributed by atoms with Crippen molar-refractivity contribution in [2.24, 2.45) is 0 Å². The molecule has 2 aromatic carbocycles. The Kier molecular flexibility index (Phi) is 4.58. The van der Waals surface area contributed by atoms with Crippen molar-refractivity contribution in [2.45, 2.75) is 31.8 Å². The van der Waals surface area contributed by atoms with Gasteiger partial charge in [0, 0.05) is 13.1 Å². The molecule has 0 saturated carbocycles. The zero-order valence-electron chi connectivity index (χ0n) is 13.4. The molecule has 0 aliphatic heterocycles. The zero-order chi connectivity index (χ0) is 17.3. The molecule has 0 saturated heterocycles. The van der Waals surface area contributed by atoms with Crippen molar-refractivity contribution in [1.82, 2.24) is 9.29 Å². The van der Waals surface area contributed by atoms with E-state index >= 15 is 0 Å². The highest BCUT2D eigenvalue weighted by atomic mass is 32.2. The third kappa shape index (κ3) is 3.28. The Labute approximate surface area is 144 Å². The standard InChI is InChI=1S/C17H18N2O3S2/c1-3-19-15-9-8-14(10-16(15)23-17(19)20)24(21,22)18-11-13-6-4-12(2)5-7-13/h4-10,18H,3,11H2,1-2H3. The molecule has 3 aromatic rings. The van der Waals surface area contributed by atoms with Crippen molar-refractivity contribution in [3.05, 3.63) is 63.3 Å². The molecule has 5 nitrogen and oxygen atoms in total. The molecule has 3 rings (SSSR count). The van der Waals surface area contributed by atoms with Crippen molar-refractivity contribution in [2.75, 3.05) is 0 Å². The number of hydrogen-bond acceptors (Lipinski definition) is 4. The molecule has 0 aliphatic carbocycles. The van der Waals surface area contributed by atoms with Gasteiger partial charge in [0.2, 0.25) is 10.0 Å². The second-order valence-corrected chi connectivity index (χ2v) is 8.31. The molecule has 0 amide bonds. The topological polar surface area (TPSA) is 68.2 Å². The molecule has 0 spiro atoms. The molecule has 0 bridgehead atoms. The number of nitrogens with zero attached hydrogens (tertiary/aromatic N) is 1. The average Bonchev–Trinajstić information content (AvgIpc) is 2.88. The Morgan fingerprint density at radius 1 is 1.12 bits per heavy atom.